The van der Waals surface area contributed by atoms with E-state index in [2.05, 4.69) is 30.8 Å². The number of methoxy groups -OCH3 is 1. The van der Waals surface area contributed by atoms with Gasteiger partial charge < -0.3 is 14.6 Å². The smallest absolute Gasteiger partial charge is 0.223 e. The van der Waals surface area contributed by atoms with E-state index in [-0.39, 0.29) is 5.43 Å². The van der Waals surface area contributed by atoms with Crippen LogP contribution in [0.15, 0.2) is 29.5 Å². The van der Waals surface area contributed by atoms with Gasteiger partial charge in [-0.05, 0) is 38.8 Å². The maximum atomic E-state index is 11.9. The molecule has 2 aromatic heterocycles. The van der Waals surface area contributed by atoms with E-state index in [1.165, 1.54) is 25.6 Å². The van der Waals surface area contributed by atoms with E-state index in [1.54, 1.807) is 18.6 Å². The summed E-state index contributed by atoms with van der Waals surface area (Å²) in [4.78, 5) is 28.8. The molecule has 2 fully saturated rings. The molecule has 2 saturated heterocycles. The van der Waals surface area contributed by atoms with E-state index in [0.29, 0.717) is 11.7 Å². The molecule has 2 aliphatic heterocycles. The standard InChI is InChI=1S/C20H27N5O2/c1-27-19-12-21-16(10-18(19)26)13-24-8-4-15(5-9-24)17-11-20(23-14-22-17)25-6-2-3-7-25/h10-12,14-15H,2-9,13H2,1H3,(H,21,26). The van der Waals surface area contributed by atoms with Gasteiger partial charge in [-0.1, -0.05) is 0 Å². The Morgan fingerprint density at radius 2 is 1.93 bits per heavy atom. The number of piperidine rings is 1. The number of nitrogens with zero attached hydrogens (tertiary/aromatic N) is 4. The molecule has 2 aromatic rings. The molecule has 0 spiro atoms. The number of anilines is 1. The van der Waals surface area contributed by atoms with Gasteiger partial charge in [0.15, 0.2) is 5.75 Å². The monoisotopic (exact) mass is 369 g/mol. The summed E-state index contributed by atoms with van der Waals surface area (Å²) in [5, 5.41) is 0. The zero-order valence-corrected chi connectivity index (χ0v) is 15.9. The fourth-order valence-corrected chi connectivity index (χ4v) is 4.08. The van der Waals surface area contributed by atoms with Crippen molar-refractivity contribution in [3.8, 4) is 5.75 Å². The lowest BCUT2D eigenvalue weighted by molar-refractivity contribution is 0.201. The molecule has 0 saturated carbocycles. The highest BCUT2D eigenvalue weighted by atomic mass is 16.5. The zero-order chi connectivity index (χ0) is 18.6. The van der Waals surface area contributed by atoms with E-state index in [9.17, 15) is 4.79 Å². The second-order valence-corrected chi connectivity index (χ2v) is 7.44. The van der Waals surface area contributed by atoms with Gasteiger partial charge in [0.25, 0.3) is 0 Å². The van der Waals surface area contributed by atoms with Gasteiger partial charge in [-0.3, -0.25) is 9.69 Å². The van der Waals surface area contributed by atoms with Gasteiger partial charge >= 0.3 is 0 Å². The summed E-state index contributed by atoms with van der Waals surface area (Å²) in [6.07, 6.45) is 8.03. The second kappa shape index (κ2) is 8.08. The molecule has 1 N–H and O–H groups in total. The predicted molar refractivity (Wildman–Crippen MR) is 104 cm³/mol. The Balaban J connectivity index is 1.35. The normalized spacial score (nSPS) is 18.8. The Bertz CT molecular complexity index is 823. The molecule has 27 heavy (non-hydrogen) atoms. The van der Waals surface area contributed by atoms with E-state index in [1.807, 2.05) is 0 Å². The lowest BCUT2D eigenvalue weighted by Crippen LogP contribution is -2.33. The summed E-state index contributed by atoms with van der Waals surface area (Å²) in [6, 6.07) is 3.82. The molecule has 7 heteroatoms. The summed E-state index contributed by atoms with van der Waals surface area (Å²) in [5.41, 5.74) is 2.03. The number of hydrogen-bond donors (Lipinski definition) is 1. The van der Waals surface area contributed by atoms with Crippen LogP contribution in [0, 0.1) is 0 Å². The van der Waals surface area contributed by atoms with Crippen LogP contribution in [-0.4, -0.2) is 53.1 Å². The minimum atomic E-state index is -0.0726. The summed E-state index contributed by atoms with van der Waals surface area (Å²) in [6.45, 7) is 4.97. The number of hydrogen-bond acceptors (Lipinski definition) is 6. The van der Waals surface area contributed by atoms with Crippen LogP contribution in [0.3, 0.4) is 0 Å². The number of nitrogens with one attached hydrogen (secondary N) is 1. The minimum absolute atomic E-state index is 0.0726. The molecule has 0 radical (unpaired) electrons. The zero-order valence-electron chi connectivity index (χ0n) is 15.9. The van der Waals surface area contributed by atoms with E-state index in [0.717, 1.165) is 57.1 Å². The van der Waals surface area contributed by atoms with Crippen LogP contribution >= 0.6 is 0 Å². The summed E-state index contributed by atoms with van der Waals surface area (Å²) in [5.74, 6) is 1.92. The van der Waals surface area contributed by atoms with Crippen LogP contribution in [0.1, 0.15) is 43.0 Å². The number of likely N-dealkylation sites (tertiary alicyclic amines) is 1. The minimum Gasteiger partial charge on any atom is -0.491 e. The Hall–Kier alpha value is -2.41. The number of rotatable bonds is 5. The van der Waals surface area contributed by atoms with Gasteiger partial charge in [0, 0.05) is 55.3 Å². The molecule has 0 unspecified atom stereocenters. The summed E-state index contributed by atoms with van der Waals surface area (Å²) in [7, 11) is 1.51. The third-order valence-electron chi connectivity index (χ3n) is 5.66. The van der Waals surface area contributed by atoms with Crippen LogP contribution < -0.4 is 15.1 Å². The Labute approximate surface area is 159 Å². The van der Waals surface area contributed by atoms with Gasteiger partial charge in [0.05, 0.1) is 7.11 Å². The highest BCUT2D eigenvalue weighted by Crippen LogP contribution is 2.29. The van der Waals surface area contributed by atoms with Gasteiger partial charge in [-0.15, -0.1) is 0 Å². The van der Waals surface area contributed by atoms with Crippen molar-refractivity contribution < 1.29 is 4.74 Å². The van der Waals surface area contributed by atoms with Gasteiger partial charge in [-0.2, -0.15) is 0 Å². The number of pyridine rings is 1. The molecule has 0 atom stereocenters. The number of aromatic nitrogens is 3. The maximum absolute atomic E-state index is 11.9. The van der Waals surface area contributed by atoms with Crippen LogP contribution in [0.2, 0.25) is 0 Å². The van der Waals surface area contributed by atoms with E-state index >= 15 is 0 Å². The molecule has 2 aliphatic rings. The fourth-order valence-electron chi connectivity index (χ4n) is 4.08. The molecule has 144 valence electrons. The fraction of sp³-hybridized carbons (Fsp3) is 0.550. The van der Waals surface area contributed by atoms with Crippen LogP contribution in [0.5, 0.6) is 5.75 Å². The average molecular weight is 369 g/mol. The number of aromatic amines is 1. The Morgan fingerprint density at radius 3 is 2.63 bits per heavy atom. The lowest BCUT2D eigenvalue weighted by Gasteiger charge is -2.31. The molecule has 0 aliphatic carbocycles. The molecule has 0 bridgehead atoms. The van der Waals surface area contributed by atoms with Crippen molar-refractivity contribution in [3.63, 3.8) is 0 Å². The van der Waals surface area contributed by atoms with Crippen molar-refractivity contribution >= 4 is 5.82 Å². The van der Waals surface area contributed by atoms with Gasteiger partial charge in [0.1, 0.15) is 12.1 Å². The summed E-state index contributed by atoms with van der Waals surface area (Å²) < 4.78 is 5.03. The SMILES string of the molecule is COc1c[nH]c(CN2CCC(c3cc(N4CCCC4)ncn3)CC2)cc1=O. The van der Waals surface area contributed by atoms with E-state index in [4.69, 9.17) is 4.74 Å². The second-order valence-electron chi connectivity index (χ2n) is 7.44. The van der Waals surface area contributed by atoms with Crippen molar-refractivity contribution in [2.24, 2.45) is 0 Å². The molecule has 4 heterocycles. The first-order valence-electron chi connectivity index (χ1n) is 9.78. The maximum Gasteiger partial charge on any atom is 0.223 e. The highest BCUT2D eigenvalue weighted by molar-refractivity contribution is 5.40. The number of H-pyrrole nitrogens is 1. The topological polar surface area (TPSA) is 74.3 Å². The predicted octanol–water partition coefficient (Wildman–Crippen LogP) is 2.15. The Kier molecular flexibility index (Phi) is 5.38. The van der Waals surface area contributed by atoms with Crippen molar-refractivity contribution in [3.05, 3.63) is 46.3 Å². The van der Waals surface area contributed by atoms with Crippen LogP contribution in [0.25, 0.3) is 0 Å². The van der Waals surface area contributed by atoms with Crippen molar-refractivity contribution in [1.29, 1.82) is 0 Å². The van der Waals surface area contributed by atoms with Gasteiger partial charge in [0.2, 0.25) is 5.43 Å². The largest absolute Gasteiger partial charge is 0.491 e. The Morgan fingerprint density at radius 1 is 1.15 bits per heavy atom. The molecule has 4 rings (SSSR count). The third-order valence-corrected chi connectivity index (χ3v) is 5.66. The highest BCUT2D eigenvalue weighted by Gasteiger charge is 2.23. The van der Waals surface area contributed by atoms with E-state index < -0.39 is 0 Å². The first-order chi connectivity index (χ1) is 13.2. The molecule has 7 nitrogen and oxygen atoms in total. The lowest BCUT2D eigenvalue weighted by atomic mass is 9.93. The van der Waals surface area contributed by atoms with Crippen LogP contribution in [0.4, 0.5) is 5.82 Å². The van der Waals surface area contributed by atoms with Crippen molar-refractivity contribution in [1.82, 2.24) is 19.9 Å². The molecular weight excluding hydrogens is 342 g/mol. The molecular formula is C20H27N5O2. The number of ether oxygens (including phenoxy) is 1. The summed E-state index contributed by atoms with van der Waals surface area (Å²) >= 11 is 0. The molecule has 0 amide bonds. The van der Waals surface area contributed by atoms with Crippen LogP contribution in [-0.2, 0) is 6.54 Å². The quantitative estimate of drug-likeness (QED) is 0.871. The first kappa shape index (κ1) is 18.0. The van der Waals surface area contributed by atoms with Gasteiger partial charge in [-0.25, -0.2) is 9.97 Å². The third kappa shape index (κ3) is 4.13. The average Bonchev–Trinajstić information content (AvgIpc) is 3.24. The van der Waals surface area contributed by atoms with Crippen molar-refractivity contribution in [2.75, 3.05) is 38.2 Å². The first-order valence-corrected chi connectivity index (χ1v) is 9.78. The molecule has 0 aromatic carbocycles. The van der Waals surface area contributed by atoms with Crippen molar-refractivity contribution in [2.45, 2.75) is 38.1 Å².